The second-order valence-electron chi connectivity index (χ2n) is 10.5. The number of hydrogen-bond donors (Lipinski definition) is 4. The Labute approximate surface area is 251 Å². The fraction of sp³-hybridized carbons (Fsp3) is 0.290. The summed E-state index contributed by atoms with van der Waals surface area (Å²) in [6.45, 7) is 0.354. The summed E-state index contributed by atoms with van der Waals surface area (Å²) in [6, 6.07) is 12.3. The number of carbonyl (C=O) groups is 2. The average Bonchev–Trinajstić information content (AvgIpc) is 3.55. The van der Waals surface area contributed by atoms with Gasteiger partial charge in [0, 0.05) is 36.6 Å². The molecule has 1 aliphatic carbocycles. The quantitative estimate of drug-likeness (QED) is 0.203. The Kier molecular flexibility index (Phi) is 8.89. The first kappa shape index (κ1) is 30.2. The van der Waals surface area contributed by atoms with Crippen LogP contribution in [0.1, 0.15) is 65.2 Å². The first-order chi connectivity index (χ1) is 21.2. The number of amides is 3. The summed E-state index contributed by atoms with van der Waals surface area (Å²) >= 11 is 0. The van der Waals surface area contributed by atoms with Gasteiger partial charge in [-0.1, -0.05) is 37.5 Å². The second-order valence-corrected chi connectivity index (χ2v) is 10.5. The lowest BCUT2D eigenvalue weighted by molar-refractivity contribution is -0.137. The number of urea groups is 1. The van der Waals surface area contributed by atoms with Crippen LogP contribution in [-0.4, -0.2) is 38.4 Å². The maximum absolute atomic E-state index is 14.2. The number of benzene rings is 2. The summed E-state index contributed by atoms with van der Waals surface area (Å²) in [5.41, 5.74) is -0.101. The van der Waals surface area contributed by atoms with Gasteiger partial charge in [-0.05, 0) is 54.3 Å². The molecule has 4 aromatic rings. The second kappa shape index (κ2) is 12.9. The molecular weight excluding hydrogens is 573 g/mol. The highest BCUT2D eigenvalue weighted by Crippen LogP contribution is 2.39. The van der Waals surface area contributed by atoms with Crippen molar-refractivity contribution < 1.29 is 22.8 Å². The van der Waals surface area contributed by atoms with Crippen molar-refractivity contribution in [1.29, 1.82) is 5.26 Å². The van der Waals surface area contributed by atoms with E-state index in [-0.39, 0.29) is 28.5 Å². The van der Waals surface area contributed by atoms with Crippen molar-refractivity contribution in [3.8, 4) is 17.2 Å². The SMILES string of the molecule is N#Cc1nccc(C2(NC(=O)Nc3ccc(-c4ccc(C(=O)NCCc5c[nH]cn5)cc4)c(C(F)(F)F)c3)CCCCC2)n1. The molecule has 0 bridgehead atoms. The maximum Gasteiger partial charge on any atom is 0.417 e. The summed E-state index contributed by atoms with van der Waals surface area (Å²) in [6.07, 6.45) is 4.25. The highest BCUT2D eigenvalue weighted by Gasteiger charge is 2.38. The lowest BCUT2D eigenvalue weighted by atomic mass is 9.79. The van der Waals surface area contributed by atoms with Gasteiger partial charge in [0.1, 0.15) is 6.07 Å². The molecule has 1 fully saturated rings. The van der Waals surface area contributed by atoms with Crippen LogP contribution < -0.4 is 16.0 Å². The molecule has 2 heterocycles. The van der Waals surface area contributed by atoms with Crippen LogP contribution in [0.2, 0.25) is 0 Å². The largest absolute Gasteiger partial charge is 0.417 e. The van der Waals surface area contributed by atoms with Gasteiger partial charge in [-0.25, -0.2) is 19.7 Å². The van der Waals surface area contributed by atoms with E-state index < -0.39 is 23.3 Å². The molecule has 4 N–H and O–H groups in total. The molecule has 1 aliphatic rings. The smallest absolute Gasteiger partial charge is 0.352 e. The monoisotopic (exact) mass is 602 g/mol. The van der Waals surface area contributed by atoms with Crippen LogP contribution in [0.3, 0.4) is 0 Å². The Morgan fingerprint density at radius 1 is 1.02 bits per heavy atom. The highest BCUT2D eigenvalue weighted by atomic mass is 19.4. The predicted octanol–water partition coefficient (Wildman–Crippen LogP) is 5.71. The topological polar surface area (TPSA) is 148 Å². The van der Waals surface area contributed by atoms with E-state index >= 15 is 0 Å². The van der Waals surface area contributed by atoms with Crippen molar-refractivity contribution >= 4 is 17.6 Å². The number of imidazole rings is 1. The number of halogens is 3. The van der Waals surface area contributed by atoms with E-state index in [0.717, 1.165) is 31.0 Å². The number of nitrogens with zero attached hydrogens (tertiary/aromatic N) is 4. The van der Waals surface area contributed by atoms with Gasteiger partial charge in [-0.2, -0.15) is 18.4 Å². The van der Waals surface area contributed by atoms with Crippen LogP contribution in [-0.2, 0) is 18.1 Å². The van der Waals surface area contributed by atoms with Gasteiger partial charge in [0.2, 0.25) is 5.82 Å². The third-order valence-corrected chi connectivity index (χ3v) is 7.57. The molecule has 13 heteroatoms. The number of nitriles is 1. The number of carbonyl (C=O) groups excluding carboxylic acids is 2. The molecule has 0 spiro atoms. The Bertz CT molecular complexity index is 1660. The van der Waals surface area contributed by atoms with Gasteiger partial charge >= 0.3 is 12.2 Å². The van der Waals surface area contributed by atoms with Gasteiger partial charge in [0.25, 0.3) is 5.91 Å². The first-order valence-corrected chi connectivity index (χ1v) is 14.1. The normalized spacial score (nSPS) is 14.3. The number of hydrogen-bond acceptors (Lipinski definition) is 6. The molecule has 0 radical (unpaired) electrons. The van der Waals surface area contributed by atoms with Gasteiger partial charge in [-0.15, -0.1) is 0 Å². The Balaban J connectivity index is 1.31. The number of aromatic amines is 1. The molecule has 5 rings (SSSR count). The summed E-state index contributed by atoms with van der Waals surface area (Å²) < 4.78 is 42.6. The third-order valence-electron chi connectivity index (χ3n) is 7.57. The van der Waals surface area contributed by atoms with Gasteiger partial charge in [0.05, 0.1) is 28.8 Å². The van der Waals surface area contributed by atoms with Crippen molar-refractivity contribution in [2.75, 3.05) is 11.9 Å². The van der Waals surface area contributed by atoms with E-state index in [1.54, 1.807) is 18.6 Å². The van der Waals surface area contributed by atoms with Gasteiger partial charge < -0.3 is 20.9 Å². The minimum Gasteiger partial charge on any atom is -0.352 e. The van der Waals surface area contributed by atoms with Crippen molar-refractivity contribution in [3.63, 3.8) is 0 Å². The van der Waals surface area contributed by atoms with Crippen molar-refractivity contribution in [3.05, 3.63) is 95.6 Å². The zero-order chi connectivity index (χ0) is 31.2. The van der Waals surface area contributed by atoms with Crippen molar-refractivity contribution in [2.45, 2.75) is 50.2 Å². The Morgan fingerprint density at radius 2 is 1.80 bits per heavy atom. The minimum atomic E-state index is -4.72. The lowest BCUT2D eigenvalue weighted by Gasteiger charge is -2.37. The fourth-order valence-corrected chi connectivity index (χ4v) is 5.40. The molecule has 2 aromatic carbocycles. The molecule has 0 unspecified atom stereocenters. The van der Waals surface area contributed by atoms with E-state index in [4.69, 9.17) is 0 Å². The number of rotatable bonds is 8. The third kappa shape index (κ3) is 7.03. The number of H-pyrrole nitrogens is 1. The molecule has 0 atom stereocenters. The van der Waals surface area contributed by atoms with Crippen LogP contribution in [0.4, 0.5) is 23.7 Å². The fourth-order valence-electron chi connectivity index (χ4n) is 5.40. The van der Waals surface area contributed by atoms with E-state index in [1.165, 1.54) is 42.6 Å². The van der Waals surface area contributed by atoms with Crippen LogP contribution in [0.25, 0.3) is 11.1 Å². The molecule has 226 valence electrons. The van der Waals surface area contributed by atoms with E-state index in [9.17, 15) is 28.0 Å². The highest BCUT2D eigenvalue weighted by molar-refractivity contribution is 5.95. The minimum absolute atomic E-state index is 0.0288. The molecular formula is C31H29F3N8O2. The van der Waals surface area contributed by atoms with Crippen LogP contribution in [0.5, 0.6) is 0 Å². The number of anilines is 1. The molecule has 3 amide bonds. The molecule has 0 aliphatic heterocycles. The first-order valence-electron chi connectivity index (χ1n) is 14.1. The maximum atomic E-state index is 14.2. The van der Waals surface area contributed by atoms with Crippen molar-refractivity contribution in [1.82, 2.24) is 30.6 Å². The van der Waals surface area contributed by atoms with Crippen LogP contribution in [0.15, 0.2) is 67.3 Å². The summed E-state index contributed by atoms with van der Waals surface area (Å²) in [5.74, 6) is -0.380. The summed E-state index contributed by atoms with van der Waals surface area (Å²) in [4.78, 5) is 40.7. The standard InChI is InChI=1S/C31H29F3N8O2/c32-31(33,34)25-16-22(40-29(44)42-30(12-2-1-3-13-30)26-11-15-37-27(17-35)41-26)8-9-24(25)20-4-6-21(7-5-20)28(43)38-14-10-23-18-36-19-39-23/h4-9,11,15-16,18-19H,1-3,10,12-14H2,(H,36,39)(H,38,43)(H2,40,42,44). The number of nitrogens with one attached hydrogen (secondary N) is 4. The average molecular weight is 603 g/mol. The molecule has 44 heavy (non-hydrogen) atoms. The molecule has 2 aromatic heterocycles. The predicted molar refractivity (Wildman–Crippen MR) is 155 cm³/mol. The van der Waals surface area contributed by atoms with Crippen LogP contribution in [0, 0.1) is 11.3 Å². The molecule has 1 saturated carbocycles. The van der Waals surface area contributed by atoms with E-state index in [2.05, 4.69) is 35.9 Å². The zero-order valence-corrected chi connectivity index (χ0v) is 23.5. The van der Waals surface area contributed by atoms with Crippen molar-refractivity contribution in [2.24, 2.45) is 0 Å². The van der Waals surface area contributed by atoms with E-state index in [1.807, 2.05) is 6.07 Å². The number of aromatic nitrogens is 4. The van der Waals surface area contributed by atoms with E-state index in [0.29, 0.717) is 37.1 Å². The summed E-state index contributed by atoms with van der Waals surface area (Å²) in [7, 11) is 0. The Hall–Kier alpha value is -5.25. The van der Waals surface area contributed by atoms with Crippen LogP contribution >= 0.6 is 0 Å². The Morgan fingerprint density at radius 3 is 2.48 bits per heavy atom. The van der Waals surface area contributed by atoms with Gasteiger partial charge in [0.15, 0.2) is 0 Å². The summed E-state index contributed by atoms with van der Waals surface area (Å²) in [5, 5.41) is 17.5. The molecule has 0 saturated heterocycles. The number of alkyl halides is 3. The van der Waals surface area contributed by atoms with Gasteiger partial charge in [-0.3, -0.25) is 4.79 Å². The molecule has 10 nitrogen and oxygen atoms in total. The lowest BCUT2D eigenvalue weighted by Crippen LogP contribution is -2.49. The zero-order valence-electron chi connectivity index (χ0n) is 23.5.